The smallest absolute Gasteiger partial charge is 0.136 e. The van der Waals surface area contributed by atoms with Gasteiger partial charge in [-0.2, -0.15) is 0 Å². The van der Waals surface area contributed by atoms with Gasteiger partial charge in [-0.05, 0) is 45.1 Å². The van der Waals surface area contributed by atoms with Crippen molar-refractivity contribution in [1.29, 1.82) is 0 Å². The van der Waals surface area contributed by atoms with Crippen molar-refractivity contribution in [3.63, 3.8) is 0 Å². The predicted octanol–water partition coefficient (Wildman–Crippen LogP) is 3.88. The number of hydrogen-bond donors (Lipinski definition) is 2. The van der Waals surface area contributed by atoms with Crippen molar-refractivity contribution in [2.24, 2.45) is 11.8 Å². The molecular weight excluding hydrogens is 406 g/mol. The van der Waals surface area contributed by atoms with Crippen LogP contribution in [-0.2, 0) is 11.0 Å². The van der Waals surface area contributed by atoms with E-state index in [-0.39, 0.29) is 22.9 Å². The molecule has 1 unspecified atom stereocenters. The Morgan fingerprint density at radius 1 is 0.933 bits per heavy atom. The van der Waals surface area contributed by atoms with E-state index in [2.05, 4.69) is 86.2 Å². The van der Waals surface area contributed by atoms with Crippen molar-refractivity contribution in [3.8, 4) is 0 Å². The number of hydrogen-bond acceptors (Lipinski definition) is 2. The largest absolute Gasteiger partial charge is 0.396 e. The fraction of sp³-hybridized carbons (Fsp3) is 0.520. The Bertz CT molecular complexity index is 750. The van der Waals surface area contributed by atoms with Gasteiger partial charge in [0.25, 0.3) is 0 Å². The number of benzene rings is 2. The molecule has 2 rings (SSSR count). The fourth-order valence-corrected chi connectivity index (χ4v) is 11.6. The Hall–Kier alpha value is -1.27. The molecule has 0 saturated carbocycles. The zero-order chi connectivity index (χ0) is 22.4. The van der Waals surface area contributed by atoms with Crippen molar-refractivity contribution >= 4 is 29.4 Å². The summed E-state index contributed by atoms with van der Waals surface area (Å²) in [5.74, 6) is 0.625. The third-order valence-electron chi connectivity index (χ3n) is 5.67. The molecule has 0 aromatic heterocycles. The van der Waals surface area contributed by atoms with Crippen LogP contribution in [0.5, 0.6) is 0 Å². The van der Waals surface area contributed by atoms with E-state index in [9.17, 15) is 9.32 Å². The Morgan fingerprint density at radius 2 is 1.40 bits per heavy atom. The van der Waals surface area contributed by atoms with E-state index >= 15 is 0 Å². The third-order valence-corrected chi connectivity index (χ3v) is 13.1. The van der Waals surface area contributed by atoms with E-state index in [1.165, 1.54) is 10.4 Å². The topological polar surface area (TPSA) is 49.3 Å². The molecule has 0 saturated heterocycles. The molecule has 3 nitrogen and oxygen atoms in total. The van der Waals surface area contributed by atoms with E-state index in [0.29, 0.717) is 5.92 Å². The Labute approximate surface area is 186 Å². The summed E-state index contributed by atoms with van der Waals surface area (Å²) in [5.41, 5.74) is 0.0939. The molecule has 0 fully saturated rings. The number of aliphatic hydroxyl groups is 1. The van der Waals surface area contributed by atoms with Crippen LogP contribution in [0.4, 0.5) is 0 Å². The third kappa shape index (κ3) is 6.13. The molecule has 0 radical (unpaired) electrons. The van der Waals surface area contributed by atoms with Crippen molar-refractivity contribution in [3.05, 3.63) is 60.7 Å². The molecule has 2 aromatic carbocycles. The van der Waals surface area contributed by atoms with Gasteiger partial charge in [0.1, 0.15) is 8.07 Å². The molecule has 0 amide bonds. The summed E-state index contributed by atoms with van der Waals surface area (Å²) >= 11 is 0. The Kier molecular flexibility index (Phi) is 9.04. The van der Waals surface area contributed by atoms with Crippen LogP contribution in [0, 0.1) is 11.8 Å². The molecule has 0 aliphatic rings. The number of nitrogens with one attached hydrogen (secondary N) is 1. The van der Waals surface area contributed by atoms with Gasteiger partial charge >= 0.3 is 0 Å². The molecule has 0 aliphatic carbocycles. The highest BCUT2D eigenvalue weighted by molar-refractivity contribution is 7.84. The standard InChI is InChI=1S/C25H39NO2SSi/c1-20(2)17-24(26-29(28)25(4,5)6)30(19-21(3)18-27,22-13-9-7-10-14-22)23-15-11-8-12-16-23/h7-16,20-21,24,26-27H,17-19H2,1-6H3/t21-,24-,29?/m1/s1. The van der Waals surface area contributed by atoms with Crippen LogP contribution >= 0.6 is 0 Å². The molecule has 0 heterocycles. The Morgan fingerprint density at radius 3 is 1.77 bits per heavy atom. The van der Waals surface area contributed by atoms with E-state index in [1.807, 2.05) is 20.8 Å². The van der Waals surface area contributed by atoms with Crippen LogP contribution in [0.15, 0.2) is 60.7 Å². The van der Waals surface area contributed by atoms with Gasteiger partial charge < -0.3 is 5.11 Å². The van der Waals surface area contributed by atoms with Gasteiger partial charge in [-0.1, -0.05) is 91.8 Å². The monoisotopic (exact) mass is 445 g/mol. The van der Waals surface area contributed by atoms with Gasteiger partial charge in [-0.3, -0.25) is 0 Å². The van der Waals surface area contributed by atoms with Crippen LogP contribution in [0.3, 0.4) is 0 Å². The summed E-state index contributed by atoms with van der Waals surface area (Å²) in [6.07, 6.45) is 0.940. The summed E-state index contributed by atoms with van der Waals surface area (Å²) in [7, 11) is -3.60. The number of rotatable bonds is 10. The summed E-state index contributed by atoms with van der Waals surface area (Å²) < 4.78 is 16.6. The maximum absolute atomic E-state index is 13.3. The Balaban J connectivity index is 2.75. The average Bonchev–Trinajstić information content (AvgIpc) is 2.71. The molecule has 0 spiro atoms. The molecule has 166 valence electrons. The normalized spacial score (nSPS) is 15.7. The molecule has 0 aliphatic heterocycles. The van der Waals surface area contributed by atoms with Crippen LogP contribution in [0.25, 0.3) is 0 Å². The lowest BCUT2D eigenvalue weighted by molar-refractivity contribution is 0.247. The van der Waals surface area contributed by atoms with Gasteiger partial charge in [-0.15, -0.1) is 0 Å². The minimum atomic E-state index is -2.43. The van der Waals surface area contributed by atoms with Crippen LogP contribution < -0.4 is 15.1 Å². The highest BCUT2D eigenvalue weighted by Gasteiger charge is 2.46. The lowest BCUT2D eigenvalue weighted by atomic mass is 10.1. The summed E-state index contributed by atoms with van der Waals surface area (Å²) in [6, 6.07) is 22.4. The van der Waals surface area contributed by atoms with Crippen molar-refractivity contribution in [1.82, 2.24) is 4.72 Å². The van der Waals surface area contributed by atoms with Gasteiger partial charge in [-0.25, -0.2) is 8.93 Å². The van der Waals surface area contributed by atoms with E-state index in [0.717, 1.165) is 12.5 Å². The fourth-order valence-electron chi connectivity index (χ4n) is 4.16. The highest BCUT2D eigenvalue weighted by atomic mass is 32.2. The highest BCUT2D eigenvalue weighted by Crippen LogP contribution is 2.27. The number of aliphatic hydroxyl groups excluding tert-OH is 1. The predicted molar refractivity (Wildman–Crippen MR) is 133 cm³/mol. The van der Waals surface area contributed by atoms with Crippen LogP contribution in [-0.4, -0.2) is 34.4 Å². The summed E-state index contributed by atoms with van der Waals surface area (Å²) in [4.78, 5) is 0. The van der Waals surface area contributed by atoms with Gasteiger partial charge in [0.2, 0.25) is 0 Å². The van der Waals surface area contributed by atoms with Crippen molar-refractivity contribution in [2.75, 3.05) is 6.61 Å². The van der Waals surface area contributed by atoms with E-state index in [1.54, 1.807) is 0 Å². The molecule has 3 atom stereocenters. The molecule has 0 bridgehead atoms. The van der Waals surface area contributed by atoms with E-state index in [4.69, 9.17) is 0 Å². The van der Waals surface area contributed by atoms with Gasteiger partial charge in [0.15, 0.2) is 0 Å². The SMILES string of the molecule is CC(C)C[C@H](NS(=O)C(C)(C)C)[Si](C[C@H](C)CO)(c1ccccc1)c1ccccc1. The summed E-state index contributed by atoms with van der Waals surface area (Å²) in [5, 5.41) is 12.7. The second-order valence-corrected chi connectivity index (χ2v) is 16.1. The summed E-state index contributed by atoms with van der Waals surface area (Å²) in [6.45, 7) is 12.8. The molecule has 2 aromatic rings. The minimum absolute atomic E-state index is 0.0939. The average molecular weight is 446 g/mol. The second-order valence-electron chi connectivity index (χ2n) is 9.88. The maximum atomic E-state index is 13.3. The molecular formula is C25H39NO2SSi. The first-order valence-corrected chi connectivity index (χ1v) is 14.4. The molecule has 30 heavy (non-hydrogen) atoms. The van der Waals surface area contributed by atoms with Crippen molar-refractivity contribution < 1.29 is 9.32 Å². The first-order chi connectivity index (χ1) is 14.1. The van der Waals surface area contributed by atoms with Gasteiger partial charge in [0, 0.05) is 12.3 Å². The first-order valence-electron chi connectivity index (χ1n) is 11.0. The molecule has 2 N–H and O–H groups in total. The molecule has 5 heteroatoms. The first kappa shape index (κ1) is 25.0. The zero-order valence-electron chi connectivity index (χ0n) is 19.4. The second kappa shape index (κ2) is 10.8. The maximum Gasteiger partial charge on any atom is 0.136 e. The lowest BCUT2D eigenvalue weighted by Crippen LogP contribution is -2.71. The zero-order valence-corrected chi connectivity index (χ0v) is 21.2. The minimum Gasteiger partial charge on any atom is -0.396 e. The van der Waals surface area contributed by atoms with E-state index < -0.39 is 19.1 Å². The van der Waals surface area contributed by atoms with Crippen molar-refractivity contribution in [2.45, 2.75) is 64.4 Å². The van der Waals surface area contributed by atoms with Crippen LogP contribution in [0.2, 0.25) is 6.04 Å². The lowest BCUT2D eigenvalue weighted by Gasteiger charge is -2.43. The van der Waals surface area contributed by atoms with Crippen LogP contribution in [0.1, 0.15) is 48.0 Å². The quantitative estimate of drug-likeness (QED) is 0.545. The van der Waals surface area contributed by atoms with Gasteiger partial charge in [0.05, 0.1) is 15.7 Å².